The van der Waals surface area contributed by atoms with Crippen LogP contribution in [0, 0.1) is 13.8 Å². The van der Waals surface area contributed by atoms with Gasteiger partial charge in [-0.05, 0) is 74.0 Å². The zero-order valence-corrected chi connectivity index (χ0v) is 18.5. The molecule has 0 unspecified atom stereocenters. The minimum absolute atomic E-state index is 0.152. The minimum Gasteiger partial charge on any atom is -0.496 e. The first-order chi connectivity index (χ1) is 15.3. The van der Waals surface area contributed by atoms with E-state index in [9.17, 15) is 8.42 Å². The molecular weight excluding hydrogens is 430 g/mol. The number of rotatable bonds is 7. The number of aryl methyl sites for hydroxylation is 2. The molecule has 2 aromatic carbocycles. The average molecular weight is 452 g/mol. The summed E-state index contributed by atoms with van der Waals surface area (Å²) in [5.74, 6) is 2.00. The zero-order valence-electron chi connectivity index (χ0n) is 17.7. The summed E-state index contributed by atoms with van der Waals surface area (Å²) in [4.78, 5) is 0.152. The molecule has 2 heterocycles. The van der Waals surface area contributed by atoms with E-state index in [-0.39, 0.29) is 4.90 Å². The van der Waals surface area contributed by atoms with Crippen molar-refractivity contribution in [2.45, 2.75) is 18.7 Å². The van der Waals surface area contributed by atoms with Crippen LogP contribution in [0.3, 0.4) is 0 Å². The van der Waals surface area contributed by atoms with Crippen molar-refractivity contribution in [3.8, 4) is 23.2 Å². The van der Waals surface area contributed by atoms with Crippen molar-refractivity contribution in [3.63, 3.8) is 0 Å². The lowest BCUT2D eigenvalue weighted by Gasteiger charge is -2.11. The van der Waals surface area contributed by atoms with Gasteiger partial charge in [0.2, 0.25) is 5.88 Å². The van der Waals surface area contributed by atoms with Gasteiger partial charge in [0.15, 0.2) is 5.82 Å². The second kappa shape index (κ2) is 8.67. The molecule has 0 bridgehead atoms. The topological polar surface area (TPSA) is 108 Å². The third-order valence-corrected chi connectivity index (χ3v) is 5.97. The molecule has 9 nitrogen and oxygen atoms in total. The molecular formula is C22H21N5O4S. The van der Waals surface area contributed by atoms with Crippen LogP contribution in [-0.2, 0) is 10.0 Å². The maximum Gasteiger partial charge on any atom is 0.261 e. The van der Waals surface area contributed by atoms with E-state index in [1.165, 1.54) is 6.07 Å². The smallest absolute Gasteiger partial charge is 0.261 e. The second-order valence-corrected chi connectivity index (χ2v) is 8.68. The summed E-state index contributed by atoms with van der Waals surface area (Å²) in [5.41, 5.74) is 2.01. The van der Waals surface area contributed by atoms with Gasteiger partial charge in [-0.25, -0.2) is 13.1 Å². The first-order valence-electron chi connectivity index (χ1n) is 9.66. The largest absolute Gasteiger partial charge is 0.496 e. The van der Waals surface area contributed by atoms with E-state index in [1.54, 1.807) is 73.4 Å². The molecule has 0 fully saturated rings. The van der Waals surface area contributed by atoms with E-state index in [2.05, 4.69) is 20.0 Å². The number of ether oxygens (including phenoxy) is 2. The Balaban J connectivity index is 1.43. The first-order valence-corrected chi connectivity index (χ1v) is 11.1. The van der Waals surface area contributed by atoms with Crippen LogP contribution in [0.4, 0.5) is 5.69 Å². The first kappa shape index (κ1) is 21.3. The molecule has 0 aliphatic carbocycles. The van der Waals surface area contributed by atoms with E-state index in [0.717, 1.165) is 11.3 Å². The van der Waals surface area contributed by atoms with Gasteiger partial charge in [0, 0.05) is 18.0 Å². The number of nitrogens with zero attached hydrogens (tertiary/aromatic N) is 4. The molecule has 0 aliphatic heterocycles. The van der Waals surface area contributed by atoms with Gasteiger partial charge >= 0.3 is 0 Å². The Morgan fingerprint density at radius 1 is 0.938 bits per heavy atom. The van der Waals surface area contributed by atoms with Crippen LogP contribution in [0.1, 0.15) is 11.3 Å². The van der Waals surface area contributed by atoms with Crippen molar-refractivity contribution in [1.82, 2.24) is 20.0 Å². The van der Waals surface area contributed by atoms with E-state index < -0.39 is 10.0 Å². The van der Waals surface area contributed by atoms with Crippen molar-refractivity contribution in [1.29, 1.82) is 0 Å². The van der Waals surface area contributed by atoms with Gasteiger partial charge in [0.1, 0.15) is 11.5 Å². The number of sulfonamides is 1. The van der Waals surface area contributed by atoms with Crippen molar-refractivity contribution in [2.75, 3.05) is 11.8 Å². The highest BCUT2D eigenvalue weighted by Gasteiger charge is 2.16. The quantitative estimate of drug-likeness (QED) is 0.454. The summed E-state index contributed by atoms with van der Waals surface area (Å²) in [6, 6.07) is 16.5. The van der Waals surface area contributed by atoms with E-state index in [0.29, 0.717) is 28.9 Å². The van der Waals surface area contributed by atoms with Gasteiger partial charge < -0.3 is 9.47 Å². The standard InChI is InChI=1S/C22H21N5O4S/c1-15-14-19(8-9-20(15)30-3)32(28,29)26-17-4-6-18(7-5-17)31-22-11-10-21(23-24-22)27-13-12-16(2)25-27/h4-14,26H,1-3H3. The van der Waals surface area contributed by atoms with Gasteiger partial charge in [-0.3, -0.25) is 4.72 Å². The number of methoxy groups -OCH3 is 1. The summed E-state index contributed by atoms with van der Waals surface area (Å²) < 4.78 is 40.4. The normalized spacial score (nSPS) is 11.2. The Labute approximate surface area is 185 Å². The summed E-state index contributed by atoms with van der Waals surface area (Å²) >= 11 is 0. The van der Waals surface area contributed by atoms with Gasteiger partial charge in [-0.15, -0.1) is 10.2 Å². The molecule has 10 heteroatoms. The SMILES string of the molecule is COc1ccc(S(=O)(=O)Nc2ccc(Oc3ccc(-n4ccc(C)n4)nn3)cc2)cc1C. The van der Waals surface area contributed by atoms with Gasteiger partial charge in [0.05, 0.1) is 17.7 Å². The van der Waals surface area contributed by atoms with Crippen LogP contribution in [0.25, 0.3) is 5.82 Å². The van der Waals surface area contributed by atoms with Crippen LogP contribution in [0.5, 0.6) is 17.4 Å². The number of hydrogen-bond donors (Lipinski definition) is 1. The number of aromatic nitrogens is 4. The Bertz CT molecular complexity index is 1330. The zero-order chi connectivity index (χ0) is 22.7. The van der Waals surface area contributed by atoms with Crippen molar-refractivity contribution >= 4 is 15.7 Å². The lowest BCUT2D eigenvalue weighted by Crippen LogP contribution is -2.13. The minimum atomic E-state index is -3.74. The van der Waals surface area contributed by atoms with Crippen molar-refractivity contribution in [2.24, 2.45) is 0 Å². The molecule has 0 atom stereocenters. The lowest BCUT2D eigenvalue weighted by atomic mass is 10.2. The van der Waals surface area contributed by atoms with E-state index in [4.69, 9.17) is 9.47 Å². The monoisotopic (exact) mass is 451 g/mol. The second-order valence-electron chi connectivity index (χ2n) is 6.99. The van der Waals surface area contributed by atoms with Crippen LogP contribution >= 0.6 is 0 Å². The molecule has 0 aliphatic rings. The highest BCUT2D eigenvalue weighted by atomic mass is 32.2. The molecule has 164 valence electrons. The molecule has 32 heavy (non-hydrogen) atoms. The van der Waals surface area contributed by atoms with Crippen LogP contribution < -0.4 is 14.2 Å². The molecule has 0 amide bonds. The molecule has 2 aromatic heterocycles. The third-order valence-electron chi connectivity index (χ3n) is 4.59. The number of benzene rings is 2. The molecule has 0 saturated carbocycles. The third kappa shape index (κ3) is 4.70. The van der Waals surface area contributed by atoms with Gasteiger partial charge in [0.25, 0.3) is 10.0 Å². The highest BCUT2D eigenvalue weighted by Crippen LogP contribution is 2.25. The summed E-state index contributed by atoms with van der Waals surface area (Å²) in [5, 5.41) is 12.4. The van der Waals surface area contributed by atoms with Crippen LogP contribution in [-0.4, -0.2) is 35.5 Å². The van der Waals surface area contributed by atoms with Crippen molar-refractivity contribution in [3.05, 3.63) is 78.1 Å². The molecule has 4 aromatic rings. The fourth-order valence-corrected chi connectivity index (χ4v) is 4.12. The molecule has 0 saturated heterocycles. The molecule has 0 radical (unpaired) electrons. The molecule has 4 rings (SSSR count). The Morgan fingerprint density at radius 3 is 2.31 bits per heavy atom. The summed E-state index contributed by atoms with van der Waals surface area (Å²) in [6.07, 6.45) is 1.80. The number of hydrogen-bond acceptors (Lipinski definition) is 7. The Hall–Kier alpha value is -3.92. The highest BCUT2D eigenvalue weighted by molar-refractivity contribution is 7.92. The predicted octanol–water partition coefficient (Wildman–Crippen LogP) is 3.88. The Kier molecular flexibility index (Phi) is 5.78. The van der Waals surface area contributed by atoms with Crippen LogP contribution in [0.15, 0.2) is 71.8 Å². The predicted molar refractivity (Wildman–Crippen MR) is 119 cm³/mol. The maximum absolute atomic E-state index is 12.7. The van der Waals surface area contributed by atoms with Crippen LogP contribution in [0.2, 0.25) is 0 Å². The lowest BCUT2D eigenvalue weighted by molar-refractivity contribution is 0.411. The fourth-order valence-electron chi connectivity index (χ4n) is 2.98. The molecule has 1 N–H and O–H groups in total. The molecule has 0 spiro atoms. The van der Waals surface area contributed by atoms with E-state index in [1.807, 2.05) is 13.0 Å². The average Bonchev–Trinajstić information content (AvgIpc) is 3.21. The fraction of sp³-hybridized carbons (Fsp3) is 0.136. The van der Waals surface area contributed by atoms with Crippen molar-refractivity contribution < 1.29 is 17.9 Å². The number of anilines is 1. The van der Waals surface area contributed by atoms with Gasteiger partial charge in [-0.2, -0.15) is 5.10 Å². The number of nitrogens with one attached hydrogen (secondary N) is 1. The maximum atomic E-state index is 12.7. The Morgan fingerprint density at radius 2 is 1.72 bits per heavy atom. The van der Waals surface area contributed by atoms with E-state index >= 15 is 0 Å². The summed E-state index contributed by atoms with van der Waals surface area (Å²) in [6.45, 7) is 3.68. The van der Waals surface area contributed by atoms with Gasteiger partial charge in [-0.1, -0.05) is 0 Å². The summed E-state index contributed by atoms with van der Waals surface area (Å²) in [7, 11) is -2.20.